The summed E-state index contributed by atoms with van der Waals surface area (Å²) in [6, 6.07) is 1.03. The van der Waals surface area contributed by atoms with Crippen molar-refractivity contribution in [1.29, 1.82) is 0 Å². The fourth-order valence-corrected chi connectivity index (χ4v) is 1.30. The van der Waals surface area contributed by atoms with Gasteiger partial charge in [-0.25, -0.2) is 14.2 Å². The zero-order valence-electron chi connectivity index (χ0n) is 6.47. The summed E-state index contributed by atoms with van der Waals surface area (Å²) in [6.45, 7) is 0. The van der Waals surface area contributed by atoms with Gasteiger partial charge in [0, 0.05) is 0 Å². The number of carbonyl (C=O) groups is 1. The van der Waals surface area contributed by atoms with Crippen molar-refractivity contribution in [3.05, 3.63) is 26.3 Å². The molecule has 0 saturated heterocycles. The average Bonchev–Trinajstić information content (AvgIpc) is 2.10. The number of aromatic nitrogens is 1. The molecule has 0 aliphatic carbocycles. The molecule has 0 spiro atoms. The molecule has 0 fully saturated rings. The molecule has 0 saturated carbocycles. The Balaban J connectivity index is 3.23. The predicted molar refractivity (Wildman–Crippen MR) is 53.3 cm³/mol. The summed E-state index contributed by atoms with van der Waals surface area (Å²) >= 11 is 7.23. The van der Waals surface area contributed by atoms with E-state index in [0.29, 0.717) is 0 Å². The van der Waals surface area contributed by atoms with Gasteiger partial charge in [0.05, 0.1) is 12.1 Å². The van der Waals surface area contributed by atoms with Crippen molar-refractivity contribution in [1.82, 2.24) is 4.98 Å². The third-order valence-corrected chi connectivity index (χ3v) is 2.31. The van der Waals surface area contributed by atoms with Crippen molar-refractivity contribution in [3.63, 3.8) is 0 Å². The van der Waals surface area contributed by atoms with E-state index in [4.69, 9.17) is 11.6 Å². The smallest absolute Gasteiger partial charge is 0.358 e. The molecule has 1 rings (SSSR count). The van der Waals surface area contributed by atoms with Gasteiger partial charge in [0.25, 0.3) is 0 Å². The summed E-state index contributed by atoms with van der Waals surface area (Å²) in [4.78, 5) is 14.7. The van der Waals surface area contributed by atoms with Crippen LogP contribution in [0, 0.1) is 9.52 Å². The Morgan fingerprint density at radius 2 is 2.38 bits per heavy atom. The van der Waals surface area contributed by atoms with Crippen LogP contribution >= 0.6 is 34.2 Å². The Morgan fingerprint density at radius 3 is 2.92 bits per heavy atom. The third-order valence-electron chi connectivity index (χ3n) is 1.27. The van der Waals surface area contributed by atoms with E-state index in [1.807, 2.05) is 0 Å². The van der Waals surface area contributed by atoms with Crippen LogP contribution in [0.25, 0.3) is 0 Å². The molecule has 0 bridgehead atoms. The second-order valence-electron chi connectivity index (χ2n) is 2.08. The SMILES string of the molecule is COC(=O)c1nc(I)c(F)cc1Cl. The van der Waals surface area contributed by atoms with E-state index in [1.54, 1.807) is 22.6 Å². The minimum Gasteiger partial charge on any atom is -0.464 e. The lowest BCUT2D eigenvalue weighted by atomic mass is 10.3. The molecule has 0 atom stereocenters. The zero-order chi connectivity index (χ0) is 10.0. The molecular weight excluding hydrogens is 311 g/mol. The Labute approximate surface area is 92.4 Å². The molecule has 1 heterocycles. The molecular formula is C7H4ClFINO2. The lowest BCUT2D eigenvalue weighted by molar-refractivity contribution is 0.0594. The largest absolute Gasteiger partial charge is 0.464 e. The molecule has 0 unspecified atom stereocenters. The molecule has 70 valence electrons. The van der Waals surface area contributed by atoms with E-state index < -0.39 is 11.8 Å². The number of hydrogen-bond donors (Lipinski definition) is 0. The molecule has 1 aromatic heterocycles. The standard InChI is InChI=1S/C7H4ClFINO2/c1-13-7(12)5-3(8)2-4(9)6(10)11-5/h2H,1H3. The van der Waals surface area contributed by atoms with Gasteiger partial charge < -0.3 is 4.74 Å². The molecule has 0 aliphatic heterocycles. The molecule has 0 aromatic carbocycles. The van der Waals surface area contributed by atoms with E-state index in [-0.39, 0.29) is 14.4 Å². The topological polar surface area (TPSA) is 39.2 Å². The van der Waals surface area contributed by atoms with E-state index >= 15 is 0 Å². The van der Waals surface area contributed by atoms with Crippen LogP contribution in [-0.2, 0) is 4.74 Å². The average molecular weight is 315 g/mol. The summed E-state index contributed by atoms with van der Waals surface area (Å²) in [5.41, 5.74) is -0.0741. The van der Waals surface area contributed by atoms with Gasteiger partial charge in [0.15, 0.2) is 11.5 Å². The van der Waals surface area contributed by atoms with Gasteiger partial charge >= 0.3 is 5.97 Å². The van der Waals surface area contributed by atoms with Gasteiger partial charge in [-0.3, -0.25) is 0 Å². The first-order valence-corrected chi connectivity index (χ1v) is 4.61. The lowest BCUT2D eigenvalue weighted by Gasteiger charge is -2.01. The van der Waals surface area contributed by atoms with Crippen LogP contribution in [0.1, 0.15) is 10.5 Å². The first-order valence-electron chi connectivity index (χ1n) is 3.16. The van der Waals surface area contributed by atoms with Crippen LogP contribution in [0.2, 0.25) is 5.02 Å². The maximum absolute atomic E-state index is 12.8. The van der Waals surface area contributed by atoms with Crippen LogP contribution in [0.15, 0.2) is 6.07 Å². The van der Waals surface area contributed by atoms with Gasteiger partial charge in [-0.1, -0.05) is 11.6 Å². The second-order valence-corrected chi connectivity index (χ2v) is 3.51. The summed E-state index contributed by atoms with van der Waals surface area (Å²) < 4.78 is 17.3. The van der Waals surface area contributed by atoms with E-state index in [9.17, 15) is 9.18 Å². The lowest BCUT2D eigenvalue weighted by Crippen LogP contribution is -2.07. The molecule has 1 aromatic rings. The Kier molecular flexibility index (Phi) is 3.43. The monoisotopic (exact) mass is 315 g/mol. The van der Waals surface area contributed by atoms with Gasteiger partial charge in [-0.15, -0.1) is 0 Å². The van der Waals surface area contributed by atoms with Crippen molar-refractivity contribution in [2.24, 2.45) is 0 Å². The number of halogens is 3. The summed E-state index contributed by atoms with van der Waals surface area (Å²) in [6.07, 6.45) is 0. The minimum absolute atomic E-state index is 0.0511. The molecule has 6 heteroatoms. The second kappa shape index (κ2) is 4.19. The highest BCUT2D eigenvalue weighted by Gasteiger charge is 2.15. The quantitative estimate of drug-likeness (QED) is 0.453. The summed E-state index contributed by atoms with van der Waals surface area (Å²) in [5.74, 6) is -1.24. The highest BCUT2D eigenvalue weighted by molar-refractivity contribution is 14.1. The van der Waals surface area contributed by atoms with E-state index in [1.165, 1.54) is 7.11 Å². The van der Waals surface area contributed by atoms with Gasteiger partial charge in [0.2, 0.25) is 0 Å². The van der Waals surface area contributed by atoms with Crippen LogP contribution in [0.3, 0.4) is 0 Å². The number of ether oxygens (including phenoxy) is 1. The number of nitrogens with zero attached hydrogens (tertiary/aromatic N) is 1. The first kappa shape index (κ1) is 10.6. The number of rotatable bonds is 1. The summed E-state index contributed by atoms with van der Waals surface area (Å²) in [5, 5.41) is -0.0511. The van der Waals surface area contributed by atoms with Crippen molar-refractivity contribution in [2.75, 3.05) is 7.11 Å². The highest BCUT2D eigenvalue weighted by atomic mass is 127. The number of hydrogen-bond acceptors (Lipinski definition) is 3. The first-order chi connectivity index (χ1) is 6.06. The van der Waals surface area contributed by atoms with Crippen LogP contribution in [0.5, 0.6) is 0 Å². The fraction of sp³-hybridized carbons (Fsp3) is 0.143. The van der Waals surface area contributed by atoms with E-state index in [2.05, 4.69) is 9.72 Å². The Hall–Kier alpha value is -0.430. The van der Waals surface area contributed by atoms with Gasteiger partial charge in [-0.2, -0.15) is 0 Å². The predicted octanol–water partition coefficient (Wildman–Crippen LogP) is 2.27. The fourth-order valence-electron chi connectivity index (χ4n) is 0.684. The molecule has 3 nitrogen and oxygen atoms in total. The molecule has 0 radical (unpaired) electrons. The zero-order valence-corrected chi connectivity index (χ0v) is 9.39. The van der Waals surface area contributed by atoms with Crippen molar-refractivity contribution >= 4 is 40.2 Å². The van der Waals surface area contributed by atoms with Gasteiger partial charge in [-0.05, 0) is 28.7 Å². The van der Waals surface area contributed by atoms with Gasteiger partial charge in [0.1, 0.15) is 3.70 Å². The maximum Gasteiger partial charge on any atom is 0.358 e. The normalized spacial score (nSPS) is 9.85. The van der Waals surface area contributed by atoms with Crippen LogP contribution < -0.4 is 0 Å². The summed E-state index contributed by atoms with van der Waals surface area (Å²) in [7, 11) is 1.20. The molecule has 0 aliphatic rings. The van der Waals surface area contributed by atoms with Crippen molar-refractivity contribution < 1.29 is 13.9 Å². The van der Waals surface area contributed by atoms with Crippen molar-refractivity contribution in [2.45, 2.75) is 0 Å². The minimum atomic E-state index is -0.678. The maximum atomic E-state index is 12.8. The van der Waals surface area contributed by atoms with Crippen LogP contribution in [0.4, 0.5) is 4.39 Å². The number of carbonyl (C=O) groups excluding carboxylic acids is 1. The van der Waals surface area contributed by atoms with E-state index in [0.717, 1.165) is 6.07 Å². The number of methoxy groups -OCH3 is 1. The number of esters is 1. The molecule has 13 heavy (non-hydrogen) atoms. The molecule has 0 amide bonds. The Morgan fingerprint density at radius 1 is 1.77 bits per heavy atom. The molecule has 0 N–H and O–H groups in total. The Bertz CT molecular complexity index is 359. The number of pyridine rings is 1. The van der Waals surface area contributed by atoms with Crippen molar-refractivity contribution in [3.8, 4) is 0 Å². The van der Waals surface area contributed by atoms with Crippen LogP contribution in [-0.4, -0.2) is 18.1 Å². The highest BCUT2D eigenvalue weighted by Crippen LogP contribution is 2.19. The third kappa shape index (κ3) is 2.28.